The van der Waals surface area contributed by atoms with Crippen molar-refractivity contribution in [2.24, 2.45) is 23.7 Å². The third-order valence-electron chi connectivity index (χ3n) is 8.46. The molecular formula is C38H65NO6Si. The Hall–Kier alpha value is -2.28. The van der Waals surface area contributed by atoms with Crippen molar-refractivity contribution < 1.29 is 28.2 Å². The number of rotatable bonds is 24. The van der Waals surface area contributed by atoms with Gasteiger partial charge in [0.2, 0.25) is 0 Å². The van der Waals surface area contributed by atoms with E-state index >= 15 is 0 Å². The molecule has 0 radical (unpaired) electrons. The topological polar surface area (TPSA) is 87.0 Å². The van der Waals surface area contributed by atoms with Gasteiger partial charge in [-0.1, -0.05) is 77.5 Å². The Balaban J connectivity index is 7.38. The van der Waals surface area contributed by atoms with Crippen LogP contribution >= 0.6 is 0 Å². The zero-order valence-corrected chi connectivity index (χ0v) is 32.1. The lowest BCUT2D eigenvalue weighted by atomic mass is 9.69. The molecule has 8 heteroatoms. The number of carbonyl (C=O) groups excluding carboxylic acids is 1. The lowest BCUT2D eigenvalue weighted by molar-refractivity contribution is -0.159. The van der Waals surface area contributed by atoms with Crippen LogP contribution in [0.1, 0.15) is 75.2 Å². The van der Waals surface area contributed by atoms with Crippen molar-refractivity contribution >= 4 is 14.3 Å². The fourth-order valence-corrected chi connectivity index (χ4v) is 7.95. The van der Waals surface area contributed by atoms with E-state index in [1.165, 1.54) is 6.92 Å². The van der Waals surface area contributed by atoms with Crippen molar-refractivity contribution in [2.75, 3.05) is 19.8 Å². The Morgan fingerprint density at radius 2 is 1.37 bits per heavy atom. The van der Waals surface area contributed by atoms with Crippen LogP contribution in [0, 0.1) is 35.0 Å². The van der Waals surface area contributed by atoms with Gasteiger partial charge >= 0.3 is 5.97 Å². The standard InChI is InChI=1S/C38H65NO6Si/c1-16-21-27(6)25-28(7)35(44-33(12)40)31(10)38(26-39,45-46(13,14)15)32(11)37(43-24-19-4)30(9)36(42-23-18-3)29(8)34(20-5)41-22-17-2/h17-19,21,25,29-32,34-37H,2-4,16,20,22-24H2,1,5-15H3/b27-21+,28-25+/t29-,30-,31+,32-,34+,35+,36-,37+,38?/m0/s1. The highest BCUT2D eigenvalue weighted by Gasteiger charge is 2.54. The average Bonchev–Trinajstić information content (AvgIpc) is 2.98. The van der Waals surface area contributed by atoms with Gasteiger partial charge in [-0.3, -0.25) is 4.79 Å². The summed E-state index contributed by atoms with van der Waals surface area (Å²) in [7, 11) is -2.37. The van der Waals surface area contributed by atoms with Gasteiger partial charge < -0.3 is 23.4 Å². The van der Waals surface area contributed by atoms with Crippen molar-refractivity contribution in [1.82, 2.24) is 0 Å². The van der Waals surface area contributed by atoms with Crippen LogP contribution in [0.4, 0.5) is 0 Å². The largest absolute Gasteiger partial charge is 0.458 e. The van der Waals surface area contributed by atoms with Crippen LogP contribution in [0.5, 0.6) is 0 Å². The Bertz CT molecular complexity index is 1060. The third-order valence-corrected chi connectivity index (χ3v) is 9.41. The fourth-order valence-electron chi connectivity index (χ4n) is 6.52. The van der Waals surface area contributed by atoms with Crippen LogP contribution in [0.25, 0.3) is 0 Å². The number of nitriles is 1. The second-order valence-electron chi connectivity index (χ2n) is 13.4. The molecule has 262 valence electrons. The van der Waals surface area contributed by atoms with E-state index in [0.29, 0.717) is 13.2 Å². The molecule has 0 spiro atoms. The minimum atomic E-state index is -2.37. The Morgan fingerprint density at radius 1 is 0.848 bits per heavy atom. The van der Waals surface area contributed by atoms with Crippen LogP contribution < -0.4 is 0 Å². The maximum absolute atomic E-state index is 12.5. The van der Waals surface area contributed by atoms with E-state index in [-0.39, 0.29) is 30.7 Å². The summed E-state index contributed by atoms with van der Waals surface area (Å²) in [5.74, 6) is -1.64. The van der Waals surface area contributed by atoms with Gasteiger partial charge in [-0.05, 0) is 51.9 Å². The number of ether oxygens (including phenoxy) is 4. The van der Waals surface area contributed by atoms with Gasteiger partial charge in [0, 0.05) is 30.6 Å². The van der Waals surface area contributed by atoms with E-state index in [4.69, 9.17) is 23.4 Å². The van der Waals surface area contributed by atoms with E-state index in [1.54, 1.807) is 18.2 Å². The SMILES string of the molecule is C=CCO[C@@H]([C@@H](C)[C@@H](CC)OCC=C)[C@H](C)[C@@H](OCC=C)[C@H](C)C(C#N)(O[Si](C)(C)C)[C@H](C)[C@H](OC(C)=O)/C(C)=C/C(C)=C/CC. The average molecular weight is 660 g/mol. The number of esters is 1. The summed E-state index contributed by atoms with van der Waals surface area (Å²) in [6.07, 6.45) is 9.46. The number of carbonyl (C=O) groups is 1. The molecular weight excluding hydrogens is 595 g/mol. The molecule has 9 atom stereocenters. The molecule has 1 unspecified atom stereocenters. The maximum atomic E-state index is 12.5. The van der Waals surface area contributed by atoms with Crippen LogP contribution in [-0.2, 0) is 28.2 Å². The smallest absolute Gasteiger partial charge is 0.303 e. The van der Waals surface area contributed by atoms with Crippen molar-refractivity contribution in [3.8, 4) is 6.07 Å². The fraction of sp³-hybridized carbons (Fsp3) is 0.684. The number of nitrogens with zero attached hydrogens (tertiary/aromatic N) is 1. The zero-order chi connectivity index (χ0) is 35.7. The second-order valence-corrected chi connectivity index (χ2v) is 17.9. The maximum Gasteiger partial charge on any atom is 0.303 e. The Labute approximate surface area is 282 Å². The summed E-state index contributed by atoms with van der Waals surface area (Å²) in [5.41, 5.74) is 0.531. The van der Waals surface area contributed by atoms with Crippen LogP contribution in [0.2, 0.25) is 19.6 Å². The zero-order valence-electron chi connectivity index (χ0n) is 31.1. The summed E-state index contributed by atoms with van der Waals surface area (Å²) in [6.45, 7) is 36.6. The molecule has 0 aliphatic carbocycles. The first-order chi connectivity index (χ1) is 21.5. The van der Waals surface area contributed by atoms with Crippen molar-refractivity contribution in [3.63, 3.8) is 0 Å². The quantitative estimate of drug-likeness (QED) is 0.0442. The van der Waals surface area contributed by atoms with Gasteiger partial charge in [-0.25, -0.2) is 0 Å². The van der Waals surface area contributed by atoms with E-state index in [1.807, 2.05) is 33.8 Å². The monoisotopic (exact) mass is 659 g/mol. The molecule has 0 aliphatic rings. The number of allylic oxidation sites excluding steroid dienone is 3. The summed E-state index contributed by atoms with van der Waals surface area (Å²) in [4.78, 5) is 12.5. The highest BCUT2D eigenvalue weighted by Crippen LogP contribution is 2.43. The molecule has 0 saturated carbocycles. The highest BCUT2D eigenvalue weighted by atomic mass is 28.4. The molecule has 0 fully saturated rings. The molecule has 0 bridgehead atoms. The van der Waals surface area contributed by atoms with Crippen molar-refractivity contribution in [3.05, 3.63) is 61.3 Å². The van der Waals surface area contributed by atoms with Crippen molar-refractivity contribution in [1.29, 1.82) is 5.26 Å². The molecule has 0 aromatic heterocycles. The molecule has 0 aromatic rings. The first kappa shape index (κ1) is 43.7. The Kier molecular flexibility index (Phi) is 20.5. The van der Waals surface area contributed by atoms with E-state index < -0.39 is 43.9 Å². The molecule has 0 N–H and O–H groups in total. The number of hydrogen-bond donors (Lipinski definition) is 0. The molecule has 0 saturated heterocycles. The lowest BCUT2D eigenvalue weighted by Crippen LogP contribution is -2.59. The minimum Gasteiger partial charge on any atom is -0.458 e. The summed E-state index contributed by atoms with van der Waals surface area (Å²) in [5, 5.41) is 11.2. The third kappa shape index (κ3) is 13.4. The normalized spacial score (nSPS) is 19.3. The summed E-state index contributed by atoms with van der Waals surface area (Å²) in [6, 6.07) is 2.62. The van der Waals surface area contributed by atoms with Crippen molar-refractivity contribution in [2.45, 2.75) is 125 Å². The predicted molar refractivity (Wildman–Crippen MR) is 193 cm³/mol. The summed E-state index contributed by atoms with van der Waals surface area (Å²) < 4.78 is 32.2. The van der Waals surface area contributed by atoms with E-state index in [2.05, 4.69) is 79.2 Å². The van der Waals surface area contributed by atoms with Gasteiger partial charge in [0.05, 0.1) is 44.2 Å². The first-order valence-electron chi connectivity index (χ1n) is 16.8. The molecule has 0 heterocycles. The molecule has 46 heavy (non-hydrogen) atoms. The van der Waals surface area contributed by atoms with Gasteiger partial charge in [0.1, 0.15) is 6.10 Å². The Morgan fingerprint density at radius 3 is 1.80 bits per heavy atom. The number of hydrogen-bond acceptors (Lipinski definition) is 7. The molecule has 0 amide bonds. The van der Waals surface area contributed by atoms with Gasteiger partial charge in [0.25, 0.3) is 0 Å². The molecule has 7 nitrogen and oxygen atoms in total. The van der Waals surface area contributed by atoms with Crippen LogP contribution in [-0.4, -0.2) is 64.1 Å². The highest BCUT2D eigenvalue weighted by molar-refractivity contribution is 6.69. The van der Waals surface area contributed by atoms with Crippen LogP contribution in [0.3, 0.4) is 0 Å². The van der Waals surface area contributed by atoms with E-state index in [9.17, 15) is 10.1 Å². The molecule has 0 aliphatic heterocycles. The minimum absolute atomic E-state index is 0.0129. The second kappa shape index (κ2) is 21.6. The van der Waals surface area contributed by atoms with Gasteiger partial charge in [0.15, 0.2) is 13.9 Å². The van der Waals surface area contributed by atoms with E-state index in [0.717, 1.165) is 24.0 Å². The lowest BCUT2D eigenvalue weighted by Gasteiger charge is -2.49. The summed E-state index contributed by atoms with van der Waals surface area (Å²) >= 11 is 0. The van der Waals surface area contributed by atoms with Gasteiger partial charge in [-0.2, -0.15) is 5.26 Å². The predicted octanol–water partition coefficient (Wildman–Crippen LogP) is 9.00. The van der Waals surface area contributed by atoms with Gasteiger partial charge in [-0.15, -0.1) is 19.7 Å². The van der Waals surface area contributed by atoms with Crippen LogP contribution in [0.15, 0.2) is 61.3 Å². The first-order valence-corrected chi connectivity index (χ1v) is 20.2. The molecule has 0 aromatic carbocycles. The molecule has 0 rings (SSSR count).